The van der Waals surface area contributed by atoms with E-state index in [1.165, 1.54) is 19.3 Å². The minimum atomic E-state index is 0.0735. The molecule has 2 atom stereocenters. The lowest BCUT2D eigenvalue weighted by molar-refractivity contribution is -0.111. The van der Waals surface area contributed by atoms with Gasteiger partial charge in [-0.05, 0) is 12.8 Å². The monoisotopic (exact) mass is 166 g/mol. The van der Waals surface area contributed by atoms with Crippen molar-refractivity contribution in [3.63, 3.8) is 0 Å². The third kappa shape index (κ3) is 1.24. The minimum Gasteiger partial charge on any atom is -0.363 e. The molecule has 0 radical (unpaired) electrons. The van der Waals surface area contributed by atoms with Gasteiger partial charge in [0.1, 0.15) is 0 Å². The molecule has 1 aliphatic heterocycles. The maximum atomic E-state index is 11.0. The second-order valence-corrected chi connectivity index (χ2v) is 3.64. The van der Waals surface area contributed by atoms with E-state index in [1.54, 1.807) is 6.92 Å². The van der Waals surface area contributed by atoms with Crippen LogP contribution in [0.5, 0.6) is 0 Å². The Morgan fingerprint density at radius 3 is 2.92 bits per heavy atom. The molecule has 0 bridgehead atoms. The number of hydrogen-bond acceptors (Lipinski definition) is 3. The summed E-state index contributed by atoms with van der Waals surface area (Å²) in [6.45, 7) is 1.57. The largest absolute Gasteiger partial charge is 0.363 e. The van der Waals surface area contributed by atoms with Gasteiger partial charge in [0.15, 0.2) is 11.6 Å². The summed E-state index contributed by atoms with van der Waals surface area (Å²) in [7, 11) is 0. The first-order valence-electron chi connectivity index (χ1n) is 4.62. The van der Waals surface area contributed by atoms with Gasteiger partial charge in [-0.3, -0.25) is 9.79 Å². The summed E-state index contributed by atoms with van der Waals surface area (Å²) in [5.74, 6) is 0.677. The van der Waals surface area contributed by atoms with Crippen molar-refractivity contribution in [2.45, 2.75) is 44.7 Å². The van der Waals surface area contributed by atoms with Crippen LogP contribution in [0.1, 0.15) is 32.6 Å². The topological polar surface area (TPSA) is 41.5 Å². The molecule has 0 amide bonds. The molecule has 12 heavy (non-hydrogen) atoms. The van der Waals surface area contributed by atoms with Gasteiger partial charge in [-0.1, -0.05) is 12.8 Å². The van der Waals surface area contributed by atoms with Gasteiger partial charge in [0.25, 0.3) is 0 Å². The van der Waals surface area contributed by atoms with Crippen molar-refractivity contribution in [1.82, 2.24) is 5.32 Å². The quantitative estimate of drug-likeness (QED) is 0.628. The third-order valence-electron chi connectivity index (χ3n) is 2.68. The van der Waals surface area contributed by atoms with Crippen LogP contribution >= 0.6 is 0 Å². The summed E-state index contributed by atoms with van der Waals surface area (Å²) in [5, 5.41) is 3.19. The van der Waals surface area contributed by atoms with E-state index in [0.29, 0.717) is 17.9 Å². The first kappa shape index (κ1) is 7.77. The molecule has 0 aromatic rings. The van der Waals surface area contributed by atoms with E-state index in [2.05, 4.69) is 10.3 Å². The standard InChI is InChI=1S/C9H14N2O/c1-6(12)9-10-7-4-2-3-5-8(7)11-9/h7-8H,2-5H2,1H3,(H,10,11). The normalized spacial score (nSPS) is 33.6. The lowest BCUT2D eigenvalue weighted by Crippen LogP contribution is -2.38. The highest BCUT2D eigenvalue weighted by Crippen LogP contribution is 2.24. The molecule has 66 valence electrons. The zero-order chi connectivity index (χ0) is 8.55. The van der Waals surface area contributed by atoms with Crippen LogP contribution in [0.15, 0.2) is 4.99 Å². The maximum absolute atomic E-state index is 11.0. The van der Waals surface area contributed by atoms with E-state index in [0.717, 1.165) is 6.42 Å². The van der Waals surface area contributed by atoms with Crippen molar-refractivity contribution in [2.75, 3.05) is 0 Å². The molecule has 3 heteroatoms. The Kier molecular flexibility index (Phi) is 1.87. The van der Waals surface area contributed by atoms with Gasteiger partial charge in [-0.15, -0.1) is 0 Å². The highest BCUT2D eigenvalue weighted by atomic mass is 16.1. The summed E-state index contributed by atoms with van der Waals surface area (Å²) in [5.41, 5.74) is 0. The molecule has 1 aliphatic carbocycles. The van der Waals surface area contributed by atoms with Gasteiger partial charge in [0, 0.05) is 6.92 Å². The molecule has 3 nitrogen and oxygen atoms in total. The van der Waals surface area contributed by atoms with Crippen LogP contribution in [0, 0.1) is 0 Å². The lowest BCUT2D eigenvalue weighted by atomic mass is 9.92. The second-order valence-electron chi connectivity index (χ2n) is 3.64. The van der Waals surface area contributed by atoms with Crippen LogP contribution in [-0.2, 0) is 4.79 Å². The summed E-state index contributed by atoms with van der Waals surface area (Å²) in [4.78, 5) is 15.4. The van der Waals surface area contributed by atoms with E-state index < -0.39 is 0 Å². The van der Waals surface area contributed by atoms with E-state index >= 15 is 0 Å². The van der Waals surface area contributed by atoms with Gasteiger partial charge in [-0.25, -0.2) is 0 Å². The van der Waals surface area contributed by atoms with Crippen LogP contribution in [0.25, 0.3) is 0 Å². The Bertz CT molecular complexity index is 235. The number of amidine groups is 1. The van der Waals surface area contributed by atoms with Crippen LogP contribution in [0.4, 0.5) is 0 Å². The van der Waals surface area contributed by atoms with Crippen molar-refractivity contribution in [2.24, 2.45) is 4.99 Å². The Morgan fingerprint density at radius 1 is 1.50 bits per heavy atom. The summed E-state index contributed by atoms with van der Waals surface area (Å²) in [6.07, 6.45) is 4.85. The molecular formula is C9H14N2O. The number of hydrogen-bond donors (Lipinski definition) is 1. The number of aliphatic imine (C=N–C) groups is 1. The molecule has 2 unspecified atom stereocenters. The Balaban J connectivity index is 2.09. The first-order valence-corrected chi connectivity index (χ1v) is 4.62. The minimum absolute atomic E-state index is 0.0735. The van der Waals surface area contributed by atoms with Crippen molar-refractivity contribution in [3.8, 4) is 0 Å². The van der Waals surface area contributed by atoms with Crippen molar-refractivity contribution < 1.29 is 4.79 Å². The van der Waals surface area contributed by atoms with Crippen LogP contribution in [-0.4, -0.2) is 23.7 Å². The number of Topliss-reactive ketones (excluding diaryl/α,β-unsaturated/α-hetero) is 1. The van der Waals surface area contributed by atoms with Crippen molar-refractivity contribution in [3.05, 3.63) is 0 Å². The van der Waals surface area contributed by atoms with Crippen LogP contribution < -0.4 is 5.32 Å². The smallest absolute Gasteiger partial charge is 0.194 e. The Morgan fingerprint density at radius 2 is 2.25 bits per heavy atom. The number of ketones is 1. The SMILES string of the molecule is CC(=O)C1=NC2CCCCC2N1. The highest BCUT2D eigenvalue weighted by Gasteiger charge is 2.31. The molecule has 0 spiro atoms. The predicted octanol–water partition coefficient (Wildman–Crippen LogP) is 0.888. The second kappa shape index (κ2) is 2.88. The molecule has 0 saturated heterocycles. The van der Waals surface area contributed by atoms with E-state index in [1.807, 2.05) is 0 Å². The number of carbonyl (C=O) groups is 1. The zero-order valence-corrected chi connectivity index (χ0v) is 7.34. The number of rotatable bonds is 1. The molecule has 0 aromatic heterocycles. The fourth-order valence-electron chi connectivity index (χ4n) is 2.01. The van der Waals surface area contributed by atoms with Gasteiger partial charge in [0.2, 0.25) is 0 Å². The number of nitrogens with one attached hydrogen (secondary N) is 1. The fourth-order valence-corrected chi connectivity index (χ4v) is 2.01. The lowest BCUT2D eigenvalue weighted by Gasteiger charge is -2.22. The number of carbonyl (C=O) groups excluding carboxylic acids is 1. The number of nitrogens with zero attached hydrogens (tertiary/aromatic N) is 1. The van der Waals surface area contributed by atoms with Gasteiger partial charge >= 0.3 is 0 Å². The van der Waals surface area contributed by atoms with Crippen molar-refractivity contribution >= 4 is 11.6 Å². The molecule has 2 aliphatic rings. The molecule has 1 N–H and O–H groups in total. The Labute approximate surface area is 72.3 Å². The van der Waals surface area contributed by atoms with Gasteiger partial charge in [0.05, 0.1) is 12.1 Å². The average molecular weight is 166 g/mol. The van der Waals surface area contributed by atoms with Crippen LogP contribution in [0.3, 0.4) is 0 Å². The summed E-state index contributed by atoms with van der Waals surface area (Å²) in [6, 6.07) is 0.843. The molecule has 0 aromatic carbocycles. The molecular weight excluding hydrogens is 152 g/mol. The highest BCUT2D eigenvalue weighted by molar-refractivity contribution is 6.38. The zero-order valence-electron chi connectivity index (χ0n) is 7.34. The predicted molar refractivity (Wildman–Crippen MR) is 47.3 cm³/mol. The molecule has 2 rings (SSSR count). The van der Waals surface area contributed by atoms with Crippen LogP contribution in [0.2, 0.25) is 0 Å². The van der Waals surface area contributed by atoms with Gasteiger partial charge < -0.3 is 5.32 Å². The summed E-state index contributed by atoms with van der Waals surface area (Å²) >= 11 is 0. The Hall–Kier alpha value is -0.860. The summed E-state index contributed by atoms with van der Waals surface area (Å²) < 4.78 is 0. The van der Waals surface area contributed by atoms with E-state index in [9.17, 15) is 4.79 Å². The molecule has 1 heterocycles. The third-order valence-corrected chi connectivity index (χ3v) is 2.68. The maximum Gasteiger partial charge on any atom is 0.194 e. The first-order chi connectivity index (χ1) is 5.77. The van der Waals surface area contributed by atoms with E-state index in [-0.39, 0.29) is 5.78 Å². The molecule has 1 fully saturated rings. The number of fused-ring (bicyclic) bond motifs is 1. The average Bonchev–Trinajstić information content (AvgIpc) is 2.46. The van der Waals surface area contributed by atoms with Crippen molar-refractivity contribution in [1.29, 1.82) is 0 Å². The van der Waals surface area contributed by atoms with E-state index in [4.69, 9.17) is 0 Å². The fraction of sp³-hybridized carbons (Fsp3) is 0.778. The van der Waals surface area contributed by atoms with Gasteiger partial charge in [-0.2, -0.15) is 0 Å². The molecule has 1 saturated carbocycles.